The first kappa shape index (κ1) is 85.2. The topological polar surface area (TPSA) is 468 Å². The molecule has 13 N–H and O–H groups in total. The number of thiol groups is 1. The number of rotatable bonds is 33. The van der Waals surface area contributed by atoms with Gasteiger partial charge in [-0.15, -0.1) is 11.6 Å². The monoisotopic (exact) mass is 1620 g/mol. The molecule has 1 aliphatic carbocycles. The van der Waals surface area contributed by atoms with Crippen LogP contribution in [-0.2, 0) is 62.3 Å². The number of amides is 12. The molecule has 2 unspecified atom stereocenters. The van der Waals surface area contributed by atoms with E-state index in [1.165, 1.54) is 40.9 Å². The number of likely N-dealkylation sites (tertiary alicyclic amines) is 1. The number of phenolic OH excluding ortho intramolecular Hbond substituents is 2. The Morgan fingerprint density at radius 2 is 1.38 bits per heavy atom. The Balaban J connectivity index is 0.00000336. The standard InChI is InChI=1S/C74H89ClN14O21.C3H8S/c1-38(2)57(83-72(101)108-29-28-107-26-23-86-53(92)13-14-54(86)93)51(91)30-41(8-7-17-78-70(76)99)67(96)80-43-11-9-40(10-12-43)37-109-73(102)84(4)20-21-85(22-25-106-27-24-90)74(103)110-52-33-50-56(55-39(3)35-79-60(52)55)42(34-75)36-89(50)69(98)49-32-46-44-15-18-87(61(44)63(94)65(104-5)58(46)82-49)68(97)48-31-47-45-16-19-88(71(77)100)62(45)64(95)66(105-6)59(47)81-48;1-3(2)4/h9-14,31-33,35,38,41-42,52,56-57,79,81-82,90,94-95H,7-8,15-30,34,36-37H2,1-6H3,(H2,77,100)(H,80,96)(H,83,101)(H3,76,78,99);3-4H,1-2H3/t41-,42-,52?,56?,57+;/m1./s1. The molecule has 614 valence electrons. The Hall–Kier alpha value is -11.2. The van der Waals surface area contributed by atoms with Crippen LogP contribution in [0, 0.1) is 24.7 Å². The number of primary amides is 2. The lowest BCUT2D eigenvalue weighted by Crippen LogP contribution is -2.46. The number of anilines is 3. The van der Waals surface area contributed by atoms with Gasteiger partial charge in [-0.1, -0.05) is 39.8 Å². The second-order valence-corrected chi connectivity index (χ2v) is 29.8. The Bertz CT molecular complexity index is 4670. The number of nitrogens with two attached hydrogens (primary N) is 2. The molecule has 3 aromatic heterocycles. The van der Waals surface area contributed by atoms with Gasteiger partial charge in [0.2, 0.25) is 5.91 Å². The van der Waals surface area contributed by atoms with Crippen LogP contribution in [0.3, 0.4) is 0 Å². The summed E-state index contributed by atoms with van der Waals surface area (Å²) in [5, 5.41) is 42.2. The molecule has 12 amide bonds. The number of nitrogens with zero attached hydrogens (tertiary/aromatic N) is 6. The Morgan fingerprint density at radius 3 is 1.96 bits per heavy atom. The van der Waals surface area contributed by atoms with Crippen LogP contribution >= 0.6 is 24.2 Å². The van der Waals surface area contributed by atoms with Crippen LogP contribution in [0.2, 0.25) is 0 Å². The number of aromatic nitrogens is 3. The van der Waals surface area contributed by atoms with E-state index < -0.39 is 95.6 Å². The number of aliphatic hydroxyl groups is 1. The van der Waals surface area contributed by atoms with E-state index in [9.17, 15) is 63.3 Å². The average Bonchev–Trinajstić information content (AvgIpc) is 1.57. The van der Waals surface area contributed by atoms with E-state index in [2.05, 4.69) is 43.5 Å². The molecular formula is C77H97ClN14O21S. The minimum atomic E-state index is -1.08. The van der Waals surface area contributed by atoms with Crippen LogP contribution < -0.4 is 46.7 Å². The number of ether oxygens (including phenoxy) is 7. The van der Waals surface area contributed by atoms with Crippen molar-refractivity contribution < 1.29 is 101 Å². The van der Waals surface area contributed by atoms with Crippen molar-refractivity contribution in [1.82, 2.24) is 45.2 Å². The number of nitrogens with one attached hydrogen (secondary N) is 6. The molecule has 0 bridgehead atoms. The predicted octanol–water partition coefficient (Wildman–Crippen LogP) is 7.09. The summed E-state index contributed by atoms with van der Waals surface area (Å²) in [4.78, 5) is 163. The number of alkyl carbamates (subject to hydrolysis) is 1. The Kier molecular flexibility index (Phi) is 28.5. The fourth-order valence-electron chi connectivity index (χ4n) is 14.7. The van der Waals surface area contributed by atoms with Crippen LogP contribution in [0.5, 0.6) is 23.0 Å². The zero-order valence-electron chi connectivity index (χ0n) is 64.5. The Morgan fingerprint density at radius 1 is 0.772 bits per heavy atom. The molecular weight excluding hydrogens is 1520 g/mol. The summed E-state index contributed by atoms with van der Waals surface area (Å²) in [6.07, 6.45) is 2.97. The van der Waals surface area contributed by atoms with Gasteiger partial charge in [0, 0.05) is 123 Å². The van der Waals surface area contributed by atoms with Gasteiger partial charge in [-0.2, -0.15) is 12.6 Å². The molecule has 114 heavy (non-hydrogen) atoms. The number of halogens is 1. The highest BCUT2D eigenvalue weighted by Gasteiger charge is 2.48. The number of methoxy groups -OCH3 is 2. The molecule has 5 aliphatic rings. The highest BCUT2D eigenvalue weighted by molar-refractivity contribution is 7.80. The average molecular weight is 1620 g/mol. The van der Waals surface area contributed by atoms with Crippen molar-refractivity contribution in [3.05, 3.63) is 111 Å². The number of Topliss-reactive ketones (excluding diaryl/α,β-unsaturated/α-hetero) is 1. The lowest BCUT2D eigenvalue weighted by atomic mass is 9.81. The molecule has 6 aromatic rings. The predicted molar refractivity (Wildman–Crippen MR) is 421 cm³/mol. The molecule has 5 atom stereocenters. The molecule has 37 heteroatoms. The third kappa shape index (κ3) is 19.2. The van der Waals surface area contributed by atoms with Crippen molar-refractivity contribution in [2.45, 2.75) is 96.6 Å². The van der Waals surface area contributed by atoms with Crippen LogP contribution in [-0.4, -0.2) is 246 Å². The van der Waals surface area contributed by atoms with Crippen LogP contribution in [0.25, 0.3) is 21.8 Å². The SMILES string of the molecule is CC(C)S.COc1c(O)c2c(c3cc(C(=O)N4CCc5c4c(O)c(OC)c4[nH]c(C(=O)N6C[C@@H](CCl)C7C6=CC(OC(=O)N(CCOCCO)CCN(C)C(=O)OCc6ccc(NC(=O)[C@H](CCCNC(N)=O)CC(=O)[C@@H](NC(=O)OCCOCCN8C(=O)C=CC8=O)C(C)C)cc6)c6[nH]cc(C)c67)cc54)[nH]c13)CCN2C(N)=O. The van der Waals surface area contributed by atoms with E-state index in [0.717, 1.165) is 28.2 Å². The van der Waals surface area contributed by atoms with E-state index in [-0.39, 0.29) is 182 Å². The molecule has 1 saturated heterocycles. The quantitative estimate of drug-likeness (QED) is 0.00643. The fourth-order valence-corrected chi connectivity index (χ4v) is 14.9. The third-order valence-corrected chi connectivity index (χ3v) is 20.5. The summed E-state index contributed by atoms with van der Waals surface area (Å²) in [5.74, 6) is -5.55. The molecule has 3 aromatic carbocycles. The lowest BCUT2D eigenvalue weighted by molar-refractivity contribution is -0.137. The van der Waals surface area contributed by atoms with Gasteiger partial charge in [0.25, 0.3) is 23.6 Å². The van der Waals surface area contributed by atoms with Gasteiger partial charge in [0.1, 0.15) is 24.6 Å². The zero-order valence-corrected chi connectivity index (χ0v) is 66.2. The van der Waals surface area contributed by atoms with E-state index in [1.807, 2.05) is 20.8 Å². The van der Waals surface area contributed by atoms with Gasteiger partial charge in [-0.05, 0) is 102 Å². The number of carbonyl (C=O) groups is 11. The summed E-state index contributed by atoms with van der Waals surface area (Å²) in [6.45, 7) is 9.05. The van der Waals surface area contributed by atoms with Crippen molar-refractivity contribution in [3.63, 3.8) is 0 Å². The first-order chi connectivity index (χ1) is 54.5. The number of phenols is 2. The number of carbonyl (C=O) groups excluding carboxylic acids is 11. The van der Waals surface area contributed by atoms with Crippen molar-refractivity contribution in [1.29, 1.82) is 0 Å². The molecule has 0 saturated carbocycles. The number of likely N-dealkylation sites (N-methyl/N-ethyl adjacent to an activating group) is 1. The van der Waals surface area contributed by atoms with E-state index in [1.54, 1.807) is 67.4 Å². The summed E-state index contributed by atoms with van der Waals surface area (Å²) in [7, 11) is 4.18. The minimum absolute atomic E-state index is 0.00424. The molecule has 7 heterocycles. The second kappa shape index (κ2) is 38.1. The van der Waals surface area contributed by atoms with Crippen molar-refractivity contribution in [2.24, 2.45) is 29.2 Å². The number of urea groups is 2. The number of hydrogen-bond donors (Lipinski definition) is 12. The number of fused-ring (bicyclic) bond motifs is 9. The number of hydrogen-bond acceptors (Lipinski definition) is 22. The summed E-state index contributed by atoms with van der Waals surface area (Å²) >= 11 is 10.7. The number of aryl methyl sites for hydroxylation is 1. The van der Waals surface area contributed by atoms with Gasteiger partial charge in [0.05, 0.1) is 87.9 Å². The van der Waals surface area contributed by atoms with Crippen LogP contribution in [0.15, 0.2) is 66.5 Å². The third-order valence-electron chi connectivity index (χ3n) is 20.1. The van der Waals surface area contributed by atoms with Gasteiger partial charge < -0.3 is 110 Å². The maximum absolute atomic E-state index is 15.2. The lowest BCUT2D eigenvalue weighted by Gasteiger charge is -2.31. The molecule has 11 rings (SSSR count). The van der Waals surface area contributed by atoms with Gasteiger partial charge in [-0.25, -0.2) is 24.0 Å². The normalized spacial score (nSPS) is 16.4. The van der Waals surface area contributed by atoms with Gasteiger partial charge >= 0.3 is 30.3 Å². The number of ketones is 1. The number of aliphatic hydroxyl groups excluding tert-OH is 1. The number of aromatic hydroxyl groups is 2. The summed E-state index contributed by atoms with van der Waals surface area (Å²) < 4.78 is 39.5. The number of H-pyrrole nitrogens is 3. The van der Waals surface area contributed by atoms with E-state index >= 15 is 4.79 Å². The highest BCUT2D eigenvalue weighted by Crippen LogP contribution is 2.54. The maximum atomic E-state index is 15.2. The second-order valence-electron chi connectivity index (χ2n) is 28.5. The van der Waals surface area contributed by atoms with Crippen molar-refractivity contribution in [2.75, 3.05) is 134 Å². The number of allylic oxidation sites excluding steroid dienone is 1. The highest BCUT2D eigenvalue weighted by atomic mass is 35.5. The smallest absolute Gasteiger partial charge is 0.410 e. The number of imide groups is 1. The van der Waals surface area contributed by atoms with E-state index in [0.29, 0.717) is 67.2 Å². The van der Waals surface area contributed by atoms with Gasteiger partial charge in [-0.3, -0.25) is 38.6 Å². The number of aromatic amines is 3. The largest absolute Gasteiger partial charge is 0.503 e. The molecule has 0 spiro atoms. The number of alkyl halides is 1. The first-order valence-electron chi connectivity index (χ1n) is 37.3. The van der Waals surface area contributed by atoms with Crippen molar-refractivity contribution in [3.8, 4) is 23.0 Å². The molecule has 4 aliphatic heterocycles. The summed E-state index contributed by atoms with van der Waals surface area (Å²) in [5.41, 5.74) is 16.8. The molecule has 0 radical (unpaired) electrons. The number of benzene rings is 3. The maximum Gasteiger partial charge on any atom is 0.410 e. The van der Waals surface area contributed by atoms with Crippen LogP contribution in [0.4, 0.5) is 41.0 Å². The zero-order chi connectivity index (χ0) is 82.5. The minimum Gasteiger partial charge on any atom is -0.503 e. The fraction of sp³-hybridized carbons (Fsp3) is 0.468. The Labute approximate surface area is 666 Å². The van der Waals surface area contributed by atoms with Crippen molar-refractivity contribution >= 4 is 129 Å². The molecule has 1 fully saturated rings. The first-order valence-corrected chi connectivity index (χ1v) is 38.3. The summed E-state index contributed by atoms with van der Waals surface area (Å²) in [6, 6.07) is 7.06. The van der Waals surface area contributed by atoms with E-state index in [4.69, 9.17) is 56.2 Å². The van der Waals surface area contributed by atoms with Gasteiger partial charge in [0.15, 0.2) is 34.9 Å². The van der Waals surface area contributed by atoms with Crippen LogP contribution in [0.1, 0.15) is 113 Å². The molecule has 35 nitrogen and oxygen atoms in total.